The first kappa shape index (κ1) is 10.5. The highest BCUT2D eigenvalue weighted by Gasteiger charge is 1.98. The zero-order valence-corrected chi connectivity index (χ0v) is 8.06. The summed E-state index contributed by atoms with van der Waals surface area (Å²) in [6, 6.07) is 7.82. The van der Waals surface area contributed by atoms with Gasteiger partial charge in [-0.3, -0.25) is 0 Å². The topological polar surface area (TPSA) is 64.4 Å². The van der Waals surface area contributed by atoms with Gasteiger partial charge in [-0.1, -0.05) is 18.2 Å². The average Bonchev–Trinajstić information content (AvgIpc) is 2.21. The quantitative estimate of drug-likeness (QED) is 0.426. The van der Waals surface area contributed by atoms with Crippen LogP contribution in [0.25, 0.3) is 0 Å². The van der Waals surface area contributed by atoms with E-state index in [1.807, 2.05) is 24.3 Å². The van der Waals surface area contributed by atoms with E-state index in [2.05, 4.69) is 11.6 Å². The van der Waals surface area contributed by atoms with Gasteiger partial charge in [0.25, 0.3) is 0 Å². The maximum Gasteiger partial charge on any atom is 0.0860 e. The molecule has 0 aliphatic carbocycles. The smallest absolute Gasteiger partial charge is 0.0860 e. The van der Waals surface area contributed by atoms with Gasteiger partial charge in [0.15, 0.2) is 0 Å². The van der Waals surface area contributed by atoms with E-state index < -0.39 is 0 Å². The predicted molar refractivity (Wildman–Crippen MR) is 60.7 cm³/mol. The van der Waals surface area contributed by atoms with Crippen molar-refractivity contribution in [3.05, 3.63) is 42.5 Å². The van der Waals surface area contributed by atoms with Crippen molar-refractivity contribution >= 4 is 12.0 Å². The molecule has 1 aromatic rings. The fourth-order valence-corrected chi connectivity index (χ4v) is 1.16. The van der Waals surface area contributed by atoms with Crippen molar-refractivity contribution < 1.29 is 0 Å². The molecule has 3 nitrogen and oxygen atoms in total. The van der Waals surface area contributed by atoms with Crippen LogP contribution in [0.2, 0.25) is 0 Å². The van der Waals surface area contributed by atoms with Crippen LogP contribution in [-0.2, 0) is 6.42 Å². The van der Waals surface area contributed by atoms with Gasteiger partial charge < -0.3 is 11.5 Å². The lowest BCUT2D eigenvalue weighted by molar-refractivity contribution is 0.812. The number of benzene rings is 1. The molecule has 0 saturated heterocycles. The van der Waals surface area contributed by atoms with Crippen LogP contribution < -0.4 is 11.5 Å². The summed E-state index contributed by atoms with van der Waals surface area (Å²) in [7, 11) is 0. The van der Waals surface area contributed by atoms with Crippen LogP contribution in [0.4, 0.5) is 5.69 Å². The van der Waals surface area contributed by atoms with Crippen molar-refractivity contribution in [2.75, 3.05) is 0 Å². The van der Waals surface area contributed by atoms with E-state index in [1.165, 1.54) is 11.9 Å². The molecule has 0 radical (unpaired) electrons. The summed E-state index contributed by atoms with van der Waals surface area (Å²) < 4.78 is 0. The Hall–Kier alpha value is -1.61. The van der Waals surface area contributed by atoms with Crippen LogP contribution in [0.5, 0.6) is 0 Å². The highest BCUT2D eigenvalue weighted by atomic mass is 14.8. The average molecular weight is 189 g/mol. The molecule has 0 bridgehead atoms. The predicted octanol–water partition coefficient (Wildman–Crippen LogP) is 1.36. The Morgan fingerprint density at radius 2 is 2.00 bits per heavy atom. The monoisotopic (exact) mass is 189 g/mol. The van der Waals surface area contributed by atoms with Gasteiger partial charge in [-0.25, -0.2) is 4.99 Å². The Labute approximate surface area is 84.1 Å². The third kappa shape index (κ3) is 3.03. The standard InChI is InChI=1S/C11H15N3/c1-2-10(13)7-9-3-5-11(6-4-9)14-8-12/h2-6,8,10H,1,7,13H2,(H2,12,14). The summed E-state index contributed by atoms with van der Waals surface area (Å²) in [5.74, 6) is 0. The Morgan fingerprint density at radius 1 is 1.36 bits per heavy atom. The van der Waals surface area contributed by atoms with Crippen LogP contribution in [0.15, 0.2) is 41.9 Å². The first-order valence-electron chi connectivity index (χ1n) is 4.47. The summed E-state index contributed by atoms with van der Waals surface area (Å²) in [5.41, 5.74) is 12.9. The number of rotatable bonds is 4. The van der Waals surface area contributed by atoms with Crippen LogP contribution in [0.3, 0.4) is 0 Å². The molecule has 4 N–H and O–H groups in total. The van der Waals surface area contributed by atoms with Crippen LogP contribution in [0, 0.1) is 0 Å². The summed E-state index contributed by atoms with van der Waals surface area (Å²) in [6.45, 7) is 3.64. The molecule has 74 valence electrons. The van der Waals surface area contributed by atoms with Crippen molar-refractivity contribution in [3.8, 4) is 0 Å². The van der Waals surface area contributed by atoms with Gasteiger partial charge >= 0.3 is 0 Å². The largest absolute Gasteiger partial charge is 0.390 e. The molecule has 14 heavy (non-hydrogen) atoms. The zero-order valence-electron chi connectivity index (χ0n) is 8.06. The van der Waals surface area contributed by atoms with E-state index >= 15 is 0 Å². The maximum atomic E-state index is 5.73. The molecule has 0 heterocycles. The molecule has 1 rings (SSSR count). The Balaban J connectivity index is 2.68. The normalized spacial score (nSPS) is 12.9. The fourth-order valence-electron chi connectivity index (χ4n) is 1.16. The number of hydrogen-bond acceptors (Lipinski definition) is 2. The highest BCUT2D eigenvalue weighted by Crippen LogP contribution is 2.13. The first-order chi connectivity index (χ1) is 6.76. The van der Waals surface area contributed by atoms with Crippen molar-refractivity contribution in [1.29, 1.82) is 0 Å². The minimum absolute atomic E-state index is 0.0128. The van der Waals surface area contributed by atoms with Gasteiger partial charge in [-0.15, -0.1) is 6.58 Å². The van der Waals surface area contributed by atoms with Gasteiger partial charge in [-0.05, 0) is 24.1 Å². The fraction of sp³-hybridized carbons (Fsp3) is 0.182. The van der Waals surface area contributed by atoms with Gasteiger partial charge in [0.2, 0.25) is 0 Å². The molecular weight excluding hydrogens is 174 g/mol. The molecule has 0 saturated carbocycles. The second-order valence-corrected chi connectivity index (χ2v) is 3.05. The van der Waals surface area contributed by atoms with Crippen molar-refractivity contribution in [1.82, 2.24) is 0 Å². The summed E-state index contributed by atoms with van der Waals surface area (Å²) in [4.78, 5) is 3.95. The van der Waals surface area contributed by atoms with E-state index in [9.17, 15) is 0 Å². The van der Waals surface area contributed by atoms with Crippen molar-refractivity contribution in [3.63, 3.8) is 0 Å². The molecule has 0 fully saturated rings. The van der Waals surface area contributed by atoms with E-state index in [-0.39, 0.29) is 6.04 Å². The molecular formula is C11H15N3. The van der Waals surface area contributed by atoms with Crippen LogP contribution >= 0.6 is 0 Å². The maximum absolute atomic E-state index is 5.73. The van der Waals surface area contributed by atoms with E-state index in [0.29, 0.717) is 0 Å². The van der Waals surface area contributed by atoms with Gasteiger partial charge in [-0.2, -0.15) is 0 Å². The summed E-state index contributed by atoms with van der Waals surface area (Å²) in [5, 5.41) is 0. The third-order valence-corrected chi connectivity index (χ3v) is 1.93. The van der Waals surface area contributed by atoms with E-state index in [1.54, 1.807) is 6.08 Å². The van der Waals surface area contributed by atoms with Crippen molar-refractivity contribution in [2.24, 2.45) is 16.5 Å². The SMILES string of the molecule is C=CC(N)Cc1ccc(N=CN)cc1. The Morgan fingerprint density at radius 3 is 2.50 bits per heavy atom. The van der Waals surface area contributed by atoms with Gasteiger partial charge in [0.1, 0.15) is 0 Å². The lowest BCUT2D eigenvalue weighted by Crippen LogP contribution is -2.19. The molecule has 0 spiro atoms. The molecule has 1 aromatic carbocycles. The number of nitrogens with zero attached hydrogens (tertiary/aromatic N) is 1. The zero-order chi connectivity index (χ0) is 10.4. The third-order valence-electron chi connectivity index (χ3n) is 1.93. The Kier molecular flexibility index (Phi) is 3.88. The molecule has 1 atom stereocenters. The highest BCUT2D eigenvalue weighted by molar-refractivity contribution is 5.58. The number of nitrogens with two attached hydrogens (primary N) is 2. The molecule has 0 aliphatic heterocycles. The Bertz CT molecular complexity index is 314. The minimum atomic E-state index is 0.0128. The molecule has 3 heteroatoms. The molecule has 0 amide bonds. The van der Waals surface area contributed by atoms with Crippen LogP contribution in [-0.4, -0.2) is 12.4 Å². The van der Waals surface area contributed by atoms with Gasteiger partial charge in [0.05, 0.1) is 12.0 Å². The number of aliphatic imine (C=N–C) groups is 1. The number of hydrogen-bond donors (Lipinski definition) is 2. The summed E-state index contributed by atoms with van der Waals surface area (Å²) in [6.07, 6.45) is 3.83. The molecule has 1 unspecified atom stereocenters. The van der Waals surface area contributed by atoms with E-state index in [4.69, 9.17) is 11.5 Å². The van der Waals surface area contributed by atoms with Gasteiger partial charge in [0, 0.05) is 6.04 Å². The van der Waals surface area contributed by atoms with Crippen molar-refractivity contribution in [2.45, 2.75) is 12.5 Å². The summed E-state index contributed by atoms with van der Waals surface area (Å²) >= 11 is 0. The lowest BCUT2D eigenvalue weighted by atomic mass is 10.1. The first-order valence-corrected chi connectivity index (χ1v) is 4.47. The second kappa shape index (κ2) is 5.19. The second-order valence-electron chi connectivity index (χ2n) is 3.05. The van der Waals surface area contributed by atoms with E-state index in [0.717, 1.165) is 12.1 Å². The molecule has 0 aliphatic rings. The van der Waals surface area contributed by atoms with Crippen LogP contribution in [0.1, 0.15) is 5.56 Å². The molecule has 0 aromatic heterocycles. The lowest BCUT2D eigenvalue weighted by Gasteiger charge is -2.05. The minimum Gasteiger partial charge on any atom is -0.390 e.